The van der Waals surface area contributed by atoms with E-state index in [-0.39, 0.29) is 0 Å². The van der Waals surface area contributed by atoms with Crippen LogP contribution in [0.15, 0.2) is 12.7 Å². The molecule has 0 spiro atoms. The minimum Gasteiger partial charge on any atom is -0.380 e. The van der Waals surface area contributed by atoms with Crippen LogP contribution in [0.5, 0.6) is 0 Å². The molecule has 0 amide bonds. The van der Waals surface area contributed by atoms with E-state index in [1.165, 1.54) is 38.5 Å². The van der Waals surface area contributed by atoms with Gasteiger partial charge in [0, 0.05) is 12.6 Å². The highest BCUT2D eigenvalue weighted by atomic mass is 16.5. The second-order valence-corrected chi connectivity index (χ2v) is 5.12. The van der Waals surface area contributed by atoms with Gasteiger partial charge in [0.05, 0.1) is 13.2 Å². The molecule has 2 nitrogen and oxygen atoms in total. The van der Waals surface area contributed by atoms with E-state index < -0.39 is 0 Å². The monoisotopic (exact) mass is 239 g/mol. The van der Waals surface area contributed by atoms with E-state index in [4.69, 9.17) is 4.74 Å². The van der Waals surface area contributed by atoms with Crippen molar-refractivity contribution < 1.29 is 4.74 Å². The van der Waals surface area contributed by atoms with Gasteiger partial charge in [-0.2, -0.15) is 0 Å². The molecule has 2 unspecified atom stereocenters. The van der Waals surface area contributed by atoms with Crippen LogP contribution in [0.3, 0.4) is 0 Å². The second-order valence-electron chi connectivity index (χ2n) is 5.12. The molecule has 0 radical (unpaired) electrons. The van der Waals surface area contributed by atoms with Gasteiger partial charge in [-0.3, -0.25) is 0 Å². The van der Waals surface area contributed by atoms with Crippen molar-refractivity contribution in [1.82, 2.24) is 5.32 Å². The predicted octanol–water partition coefficient (Wildman–Crippen LogP) is 3.53. The molecule has 2 heteroatoms. The number of rotatable bonds is 8. The van der Waals surface area contributed by atoms with Gasteiger partial charge in [-0.05, 0) is 31.6 Å². The zero-order chi connectivity index (χ0) is 12.3. The first-order chi connectivity index (χ1) is 8.36. The first kappa shape index (κ1) is 14.7. The van der Waals surface area contributed by atoms with Gasteiger partial charge in [0.25, 0.3) is 0 Å². The van der Waals surface area contributed by atoms with Crippen LogP contribution in [0.2, 0.25) is 0 Å². The smallest absolute Gasteiger partial charge is 0.0591 e. The molecule has 17 heavy (non-hydrogen) atoms. The average molecular weight is 239 g/mol. The molecular weight excluding hydrogens is 210 g/mol. The molecule has 2 atom stereocenters. The zero-order valence-electron chi connectivity index (χ0n) is 11.4. The fourth-order valence-electron chi connectivity index (χ4n) is 2.59. The van der Waals surface area contributed by atoms with Crippen LogP contribution in [-0.4, -0.2) is 25.8 Å². The third-order valence-electron chi connectivity index (χ3n) is 3.81. The molecule has 0 heterocycles. The number of hydrogen-bond donors (Lipinski definition) is 1. The summed E-state index contributed by atoms with van der Waals surface area (Å²) in [6.45, 7) is 8.65. The lowest BCUT2D eigenvalue weighted by Crippen LogP contribution is -2.31. The first-order valence-corrected chi connectivity index (χ1v) is 7.28. The standard InChI is InChI=1S/C15H29NO/c1-3-5-12-17-13-11-16-15-8-6-7-14(4-2)9-10-15/h3,14-16H,1,4-13H2,2H3. The Balaban J connectivity index is 2.01. The van der Waals surface area contributed by atoms with Crippen LogP contribution in [-0.2, 0) is 4.74 Å². The van der Waals surface area contributed by atoms with Gasteiger partial charge in [0.2, 0.25) is 0 Å². The lowest BCUT2D eigenvalue weighted by Gasteiger charge is -2.16. The van der Waals surface area contributed by atoms with Crippen molar-refractivity contribution in [3.05, 3.63) is 12.7 Å². The Morgan fingerprint density at radius 1 is 1.24 bits per heavy atom. The fourth-order valence-corrected chi connectivity index (χ4v) is 2.59. The molecule has 100 valence electrons. The van der Waals surface area contributed by atoms with E-state index >= 15 is 0 Å². The van der Waals surface area contributed by atoms with Crippen LogP contribution in [0.25, 0.3) is 0 Å². The molecule has 0 aliphatic heterocycles. The number of nitrogens with one attached hydrogen (secondary N) is 1. The summed E-state index contributed by atoms with van der Waals surface area (Å²) >= 11 is 0. The highest BCUT2D eigenvalue weighted by Gasteiger charge is 2.16. The Hall–Kier alpha value is -0.340. The quantitative estimate of drug-likeness (QED) is 0.397. The van der Waals surface area contributed by atoms with Crippen molar-refractivity contribution in [2.75, 3.05) is 19.8 Å². The van der Waals surface area contributed by atoms with E-state index in [0.717, 1.165) is 38.1 Å². The van der Waals surface area contributed by atoms with Crippen molar-refractivity contribution in [3.8, 4) is 0 Å². The van der Waals surface area contributed by atoms with E-state index in [0.29, 0.717) is 0 Å². The maximum atomic E-state index is 5.50. The van der Waals surface area contributed by atoms with Crippen molar-refractivity contribution in [2.45, 2.75) is 57.9 Å². The SMILES string of the molecule is C=CCCOCCNC1CCCC(CC)CC1. The summed E-state index contributed by atoms with van der Waals surface area (Å²) in [6, 6.07) is 0.731. The molecule has 1 fully saturated rings. The van der Waals surface area contributed by atoms with Crippen LogP contribution in [0, 0.1) is 5.92 Å². The maximum Gasteiger partial charge on any atom is 0.0591 e. The van der Waals surface area contributed by atoms with E-state index in [9.17, 15) is 0 Å². The average Bonchev–Trinajstić information content (AvgIpc) is 2.59. The second kappa shape index (κ2) is 9.67. The Kier molecular flexibility index (Phi) is 8.37. The summed E-state index contributed by atoms with van der Waals surface area (Å²) in [5, 5.41) is 3.63. The molecular formula is C15H29NO. The summed E-state index contributed by atoms with van der Waals surface area (Å²) in [5.74, 6) is 0.977. The van der Waals surface area contributed by atoms with Crippen molar-refractivity contribution >= 4 is 0 Å². The summed E-state index contributed by atoms with van der Waals surface area (Å²) in [7, 11) is 0. The Morgan fingerprint density at radius 2 is 2.12 bits per heavy atom. The van der Waals surface area contributed by atoms with Crippen molar-refractivity contribution in [2.24, 2.45) is 5.92 Å². The lowest BCUT2D eigenvalue weighted by atomic mass is 9.98. The van der Waals surface area contributed by atoms with Crippen molar-refractivity contribution in [1.29, 1.82) is 0 Å². The van der Waals surface area contributed by atoms with E-state index in [1.807, 2.05) is 6.08 Å². The molecule has 0 bridgehead atoms. The summed E-state index contributed by atoms with van der Waals surface area (Å²) in [6.07, 6.45) is 11.2. The van der Waals surface area contributed by atoms with Gasteiger partial charge in [0.1, 0.15) is 0 Å². The normalized spacial score (nSPS) is 25.5. The first-order valence-electron chi connectivity index (χ1n) is 7.28. The van der Waals surface area contributed by atoms with Crippen LogP contribution < -0.4 is 5.32 Å². The van der Waals surface area contributed by atoms with Crippen LogP contribution in [0.1, 0.15) is 51.9 Å². The molecule has 0 saturated heterocycles. The minimum absolute atomic E-state index is 0.731. The minimum atomic E-state index is 0.731. The zero-order valence-corrected chi connectivity index (χ0v) is 11.4. The van der Waals surface area contributed by atoms with Crippen LogP contribution in [0.4, 0.5) is 0 Å². The van der Waals surface area contributed by atoms with Gasteiger partial charge < -0.3 is 10.1 Å². The topological polar surface area (TPSA) is 21.3 Å². The summed E-state index contributed by atoms with van der Waals surface area (Å²) in [4.78, 5) is 0. The molecule has 0 aromatic rings. The van der Waals surface area contributed by atoms with Gasteiger partial charge in [-0.15, -0.1) is 6.58 Å². The molecule has 1 aliphatic carbocycles. The largest absolute Gasteiger partial charge is 0.380 e. The molecule has 1 N–H and O–H groups in total. The summed E-state index contributed by atoms with van der Waals surface area (Å²) in [5.41, 5.74) is 0. The molecule has 0 aromatic carbocycles. The van der Waals surface area contributed by atoms with Gasteiger partial charge >= 0.3 is 0 Å². The maximum absolute atomic E-state index is 5.50. The Morgan fingerprint density at radius 3 is 2.88 bits per heavy atom. The fraction of sp³-hybridized carbons (Fsp3) is 0.867. The molecule has 1 saturated carbocycles. The molecule has 1 rings (SSSR count). The highest BCUT2D eigenvalue weighted by molar-refractivity contribution is 4.74. The van der Waals surface area contributed by atoms with Gasteiger partial charge in [-0.1, -0.05) is 32.3 Å². The third kappa shape index (κ3) is 6.85. The predicted molar refractivity (Wildman–Crippen MR) is 74.3 cm³/mol. The lowest BCUT2D eigenvalue weighted by molar-refractivity contribution is 0.137. The molecule has 1 aliphatic rings. The molecule has 0 aromatic heterocycles. The highest BCUT2D eigenvalue weighted by Crippen LogP contribution is 2.25. The van der Waals surface area contributed by atoms with Crippen LogP contribution >= 0.6 is 0 Å². The van der Waals surface area contributed by atoms with Gasteiger partial charge in [-0.25, -0.2) is 0 Å². The van der Waals surface area contributed by atoms with E-state index in [1.54, 1.807) is 0 Å². The Labute approximate surface area is 107 Å². The third-order valence-corrected chi connectivity index (χ3v) is 3.81. The van der Waals surface area contributed by atoms with Gasteiger partial charge in [0.15, 0.2) is 0 Å². The Bertz CT molecular complexity index is 193. The number of ether oxygens (including phenoxy) is 1. The number of hydrogen-bond acceptors (Lipinski definition) is 2. The summed E-state index contributed by atoms with van der Waals surface area (Å²) < 4.78 is 5.50. The van der Waals surface area contributed by atoms with Crippen molar-refractivity contribution in [3.63, 3.8) is 0 Å². The van der Waals surface area contributed by atoms with E-state index in [2.05, 4.69) is 18.8 Å².